The van der Waals surface area contributed by atoms with Crippen LogP contribution in [0.5, 0.6) is 5.75 Å². The molecule has 1 aliphatic heterocycles. The average molecular weight is 340 g/mol. The van der Waals surface area contributed by atoms with Crippen LogP contribution < -0.4 is 15.0 Å². The molecule has 1 saturated heterocycles. The molecule has 0 saturated carbocycles. The molecule has 0 aliphatic carbocycles. The number of amides is 1. The van der Waals surface area contributed by atoms with Gasteiger partial charge in [-0.15, -0.1) is 0 Å². The Hall–Kier alpha value is -2.63. The normalized spacial score (nSPS) is 15.0. The highest BCUT2D eigenvalue weighted by molar-refractivity contribution is 5.93. The van der Waals surface area contributed by atoms with E-state index >= 15 is 0 Å². The van der Waals surface area contributed by atoms with Gasteiger partial charge in [0.15, 0.2) is 0 Å². The summed E-state index contributed by atoms with van der Waals surface area (Å²) in [6, 6.07) is 7.62. The zero-order valence-corrected chi connectivity index (χ0v) is 14.7. The van der Waals surface area contributed by atoms with E-state index in [1.165, 1.54) is 0 Å². The Bertz CT molecular complexity index is 710. The summed E-state index contributed by atoms with van der Waals surface area (Å²) in [7, 11) is 1.62. The monoisotopic (exact) mass is 340 g/mol. The van der Waals surface area contributed by atoms with Gasteiger partial charge in [0.25, 0.3) is 5.91 Å². The molecule has 0 spiro atoms. The fraction of sp³-hybridized carbons (Fsp3) is 0.421. The van der Waals surface area contributed by atoms with Crippen LogP contribution in [0.1, 0.15) is 35.7 Å². The number of ether oxygens (including phenoxy) is 1. The quantitative estimate of drug-likeness (QED) is 0.906. The number of aromatic nitrogens is 2. The standard InChI is InChI=1S/C19H24N4O2/c1-14-7-9-23(10-8-14)19-21-12-16(13-22-19)18(24)20-11-15-5-3-4-6-17(15)25-2/h3-6,12-14H,7-11H2,1-2H3,(H,20,24). The zero-order chi connectivity index (χ0) is 17.6. The molecule has 1 aliphatic rings. The van der Waals surface area contributed by atoms with Crippen LogP contribution in [-0.4, -0.2) is 36.1 Å². The fourth-order valence-electron chi connectivity index (χ4n) is 2.94. The van der Waals surface area contributed by atoms with Crippen LogP contribution in [0, 0.1) is 5.92 Å². The summed E-state index contributed by atoms with van der Waals surface area (Å²) in [5.41, 5.74) is 1.39. The lowest BCUT2D eigenvalue weighted by atomic mass is 10.00. The third kappa shape index (κ3) is 4.26. The number of nitrogens with zero attached hydrogens (tertiary/aromatic N) is 3. The molecule has 25 heavy (non-hydrogen) atoms. The largest absolute Gasteiger partial charge is 0.496 e. The molecule has 1 N–H and O–H groups in total. The summed E-state index contributed by atoms with van der Waals surface area (Å²) in [5, 5.41) is 2.88. The van der Waals surface area contributed by atoms with Crippen molar-refractivity contribution >= 4 is 11.9 Å². The Balaban J connectivity index is 1.59. The van der Waals surface area contributed by atoms with E-state index in [0.717, 1.165) is 43.2 Å². The topological polar surface area (TPSA) is 67.3 Å². The molecule has 0 bridgehead atoms. The number of carbonyl (C=O) groups excluding carboxylic acids is 1. The van der Waals surface area contributed by atoms with Crippen molar-refractivity contribution < 1.29 is 9.53 Å². The number of benzene rings is 1. The number of hydrogen-bond acceptors (Lipinski definition) is 5. The number of methoxy groups -OCH3 is 1. The van der Waals surface area contributed by atoms with E-state index in [-0.39, 0.29) is 5.91 Å². The number of para-hydroxylation sites is 1. The van der Waals surface area contributed by atoms with Crippen LogP contribution in [0.2, 0.25) is 0 Å². The number of carbonyl (C=O) groups is 1. The molecule has 1 aromatic heterocycles. The van der Waals surface area contributed by atoms with Crippen molar-refractivity contribution in [2.24, 2.45) is 5.92 Å². The maximum atomic E-state index is 12.3. The number of anilines is 1. The van der Waals surface area contributed by atoms with Gasteiger partial charge in [-0.2, -0.15) is 0 Å². The van der Waals surface area contributed by atoms with Crippen molar-refractivity contribution in [3.8, 4) is 5.75 Å². The molecule has 6 heteroatoms. The van der Waals surface area contributed by atoms with Gasteiger partial charge >= 0.3 is 0 Å². The molecule has 2 heterocycles. The third-order valence-corrected chi connectivity index (χ3v) is 4.60. The molecule has 132 valence electrons. The first-order chi connectivity index (χ1) is 12.2. The zero-order valence-electron chi connectivity index (χ0n) is 14.7. The minimum Gasteiger partial charge on any atom is -0.496 e. The molecule has 1 fully saturated rings. The molecule has 2 aromatic rings. The second kappa shape index (κ2) is 7.96. The van der Waals surface area contributed by atoms with Crippen molar-refractivity contribution in [3.05, 3.63) is 47.8 Å². The van der Waals surface area contributed by atoms with Crippen molar-refractivity contribution in [1.29, 1.82) is 0 Å². The van der Waals surface area contributed by atoms with Gasteiger partial charge in [0.2, 0.25) is 5.95 Å². The first kappa shape index (κ1) is 17.2. The van der Waals surface area contributed by atoms with Crippen molar-refractivity contribution in [2.75, 3.05) is 25.1 Å². The molecular weight excluding hydrogens is 316 g/mol. The Morgan fingerprint density at radius 1 is 1.24 bits per heavy atom. The SMILES string of the molecule is COc1ccccc1CNC(=O)c1cnc(N2CCC(C)CC2)nc1. The fourth-order valence-corrected chi connectivity index (χ4v) is 2.94. The summed E-state index contributed by atoms with van der Waals surface area (Å²) in [4.78, 5) is 23.2. The summed E-state index contributed by atoms with van der Waals surface area (Å²) < 4.78 is 5.29. The second-order valence-electron chi connectivity index (χ2n) is 6.44. The second-order valence-corrected chi connectivity index (χ2v) is 6.44. The highest BCUT2D eigenvalue weighted by atomic mass is 16.5. The van der Waals surface area contributed by atoms with E-state index in [1.54, 1.807) is 19.5 Å². The van der Waals surface area contributed by atoms with Crippen molar-refractivity contribution in [1.82, 2.24) is 15.3 Å². The maximum absolute atomic E-state index is 12.3. The molecule has 3 rings (SSSR count). The van der Waals surface area contributed by atoms with Crippen LogP contribution in [-0.2, 0) is 6.54 Å². The van der Waals surface area contributed by atoms with Gasteiger partial charge in [-0.3, -0.25) is 4.79 Å². The number of rotatable bonds is 5. The van der Waals surface area contributed by atoms with Crippen molar-refractivity contribution in [2.45, 2.75) is 26.3 Å². The van der Waals surface area contributed by atoms with Gasteiger partial charge < -0.3 is 15.0 Å². The highest BCUT2D eigenvalue weighted by Crippen LogP contribution is 2.20. The molecule has 0 radical (unpaired) electrons. The Morgan fingerprint density at radius 3 is 2.60 bits per heavy atom. The molecular formula is C19H24N4O2. The number of hydrogen-bond donors (Lipinski definition) is 1. The van der Waals surface area contributed by atoms with E-state index in [0.29, 0.717) is 18.1 Å². The van der Waals surface area contributed by atoms with Gasteiger partial charge in [-0.05, 0) is 24.8 Å². The maximum Gasteiger partial charge on any atom is 0.254 e. The first-order valence-corrected chi connectivity index (χ1v) is 8.64. The first-order valence-electron chi connectivity index (χ1n) is 8.64. The van der Waals surface area contributed by atoms with E-state index in [2.05, 4.69) is 27.1 Å². The molecule has 0 unspecified atom stereocenters. The summed E-state index contributed by atoms with van der Waals surface area (Å²) in [6.07, 6.45) is 5.50. The summed E-state index contributed by atoms with van der Waals surface area (Å²) in [6.45, 7) is 4.61. The van der Waals surface area contributed by atoms with Crippen LogP contribution in [0.4, 0.5) is 5.95 Å². The summed E-state index contributed by atoms with van der Waals surface area (Å²) in [5.74, 6) is 2.03. The predicted octanol–water partition coefficient (Wildman–Crippen LogP) is 2.65. The van der Waals surface area contributed by atoms with Crippen LogP contribution >= 0.6 is 0 Å². The lowest BCUT2D eigenvalue weighted by molar-refractivity contribution is 0.0950. The number of piperidine rings is 1. The Labute approximate surface area is 148 Å². The van der Waals surface area contributed by atoms with Gasteiger partial charge in [-0.1, -0.05) is 25.1 Å². The Kier molecular flexibility index (Phi) is 5.48. The lowest BCUT2D eigenvalue weighted by Gasteiger charge is -2.30. The Morgan fingerprint density at radius 2 is 1.92 bits per heavy atom. The van der Waals surface area contributed by atoms with Gasteiger partial charge in [-0.25, -0.2) is 9.97 Å². The predicted molar refractivity (Wildman–Crippen MR) is 96.8 cm³/mol. The number of nitrogens with one attached hydrogen (secondary N) is 1. The summed E-state index contributed by atoms with van der Waals surface area (Å²) >= 11 is 0. The average Bonchev–Trinajstić information content (AvgIpc) is 2.67. The van der Waals surface area contributed by atoms with E-state index < -0.39 is 0 Å². The molecule has 0 atom stereocenters. The highest BCUT2D eigenvalue weighted by Gasteiger charge is 2.18. The lowest BCUT2D eigenvalue weighted by Crippen LogP contribution is -2.34. The van der Waals surface area contributed by atoms with E-state index in [4.69, 9.17) is 4.74 Å². The molecule has 6 nitrogen and oxygen atoms in total. The van der Waals surface area contributed by atoms with Gasteiger partial charge in [0.1, 0.15) is 5.75 Å². The minimum absolute atomic E-state index is 0.190. The molecule has 1 amide bonds. The van der Waals surface area contributed by atoms with Crippen LogP contribution in [0.3, 0.4) is 0 Å². The van der Waals surface area contributed by atoms with Gasteiger partial charge in [0, 0.05) is 37.6 Å². The minimum atomic E-state index is -0.190. The van der Waals surface area contributed by atoms with Gasteiger partial charge in [0.05, 0.1) is 12.7 Å². The smallest absolute Gasteiger partial charge is 0.254 e. The van der Waals surface area contributed by atoms with Crippen LogP contribution in [0.15, 0.2) is 36.7 Å². The third-order valence-electron chi connectivity index (χ3n) is 4.60. The van der Waals surface area contributed by atoms with E-state index in [9.17, 15) is 4.79 Å². The van der Waals surface area contributed by atoms with Crippen molar-refractivity contribution in [3.63, 3.8) is 0 Å². The van der Waals surface area contributed by atoms with Crippen LogP contribution in [0.25, 0.3) is 0 Å². The van der Waals surface area contributed by atoms with E-state index in [1.807, 2.05) is 24.3 Å². The molecule has 1 aromatic carbocycles.